The molecule has 1 N–H and O–H groups in total. The van der Waals surface area contributed by atoms with Crippen molar-refractivity contribution in [2.45, 2.75) is 18.9 Å². The van der Waals surface area contributed by atoms with Crippen molar-refractivity contribution in [3.05, 3.63) is 48.7 Å². The van der Waals surface area contributed by atoms with Gasteiger partial charge in [0.1, 0.15) is 18.5 Å². The maximum Gasteiger partial charge on any atom is 0.129 e. The molecule has 3 aromatic rings. The summed E-state index contributed by atoms with van der Waals surface area (Å²) in [6.07, 6.45) is 3.08. The standard InChI is InChI=1S/C23H26N4O2/c1-26-11-10-21(25-26)23-20-5-3-2-4-18(20)6-7-22(23)29-16-19(28)15-27-12-8-17(14-24)9-13-27/h2-7,10-11,17,19,28H,8-9,12-13,15-16H2,1H3. The Balaban J connectivity index is 1.49. The van der Waals surface area contributed by atoms with Gasteiger partial charge in [-0.1, -0.05) is 30.3 Å². The summed E-state index contributed by atoms with van der Waals surface area (Å²) in [4.78, 5) is 2.21. The van der Waals surface area contributed by atoms with E-state index in [1.54, 1.807) is 4.68 Å². The summed E-state index contributed by atoms with van der Waals surface area (Å²) in [5.41, 5.74) is 1.80. The first-order chi connectivity index (χ1) is 14.1. The van der Waals surface area contributed by atoms with Gasteiger partial charge in [0.25, 0.3) is 0 Å². The average Bonchev–Trinajstić information content (AvgIpc) is 3.18. The van der Waals surface area contributed by atoms with Crippen molar-refractivity contribution < 1.29 is 9.84 Å². The van der Waals surface area contributed by atoms with E-state index < -0.39 is 6.10 Å². The lowest BCUT2D eigenvalue weighted by Gasteiger charge is -2.30. The van der Waals surface area contributed by atoms with Gasteiger partial charge < -0.3 is 14.7 Å². The predicted octanol–water partition coefficient (Wildman–Crippen LogP) is 3.22. The van der Waals surface area contributed by atoms with Crippen LogP contribution in [0.3, 0.4) is 0 Å². The van der Waals surface area contributed by atoms with Crippen LogP contribution in [-0.4, -0.2) is 52.1 Å². The van der Waals surface area contributed by atoms with Gasteiger partial charge >= 0.3 is 0 Å². The van der Waals surface area contributed by atoms with Gasteiger partial charge in [-0.3, -0.25) is 4.68 Å². The number of rotatable bonds is 6. The first-order valence-electron chi connectivity index (χ1n) is 10.1. The molecule has 6 heteroatoms. The molecule has 0 bridgehead atoms. The highest BCUT2D eigenvalue weighted by atomic mass is 16.5. The quantitative estimate of drug-likeness (QED) is 0.700. The van der Waals surface area contributed by atoms with E-state index in [2.05, 4.69) is 28.2 Å². The summed E-state index contributed by atoms with van der Waals surface area (Å²) in [7, 11) is 1.90. The minimum Gasteiger partial charge on any atom is -0.490 e. The molecule has 29 heavy (non-hydrogen) atoms. The largest absolute Gasteiger partial charge is 0.490 e. The van der Waals surface area contributed by atoms with Crippen LogP contribution in [0.15, 0.2) is 48.7 Å². The summed E-state index contributed by atoms with van der Waals surface area (Å²) >= 11 is 0. The average molecular weight is 390 g/mol. The van der Waals surface area contributed by atoms with Gasteiger partial charge in [0.15, 0.2) is 0 Å². The molecule has 6 nitrogen and oxygen atoms in total. The molecule has 0 radical (unpaired) electrons. The number of benzene rings is 2. The Morgan fingerprint density at radius 1 is 1.21 bits per heavy atom. The van der Waals surface area contributed by atoms with Crippen LogP contribution in [0.2, 0.25) is 0 Å². The Labute approximate surface area is 170 Å². The van der Waals surface area contributed by atoms with E-state index in [-0.39, 0.29) is 12.5 Å². The molecule has 1 aromatic heterocycles. The van der Waals surface area contributed by atoms with Gasteiger partial charge in [-0.05, 0) is 48.8 Å². The van der Waals surface area contributed by atoms with E-state index in [4.69, 9.17) is 10.00 Å². The second-order valence-corrected chi connectivity index (χ2v) is 7.70. The van der Waals surface area contributed by atoms with Crippen LogP contribution in [0.25, 0.3) is 22.0 Å². The van der Waals surface area contributed by atoms with Crippen molar-refractivity contribution in [3.8, 4) is 23.1 Å². The molecule has 2 aromatic carbocycles. The van der Waals surface area contributed by atoms with Crippen molar-refractivity contribution in [1.82, 2.24) is 14.7 Å². The van der Waals surface area contributed by atoms with Crippen LogP contribution < -0.4 is 4.74 Å². The number of ether oxygens (including phenoxy) is 1. The van der Waals surface area contributed by atoms with E-state index in [1.807, 2.05) is 43.6 Å². The van der Waals surface area contributed by atoms with Gasteiger partial charge in [-0.2, -0.15) is 10.4 Å². The number of fused-ring (bicyclic) bond motifs is 1. The van der Waals surface area contributed by atoms with Crippen molar-refractivity contribution >= 4 is 10.8 Å². The monoisotopic (exact) mass is 390 g/mol. The number of likely N-dealkylation sites (tertiary alicyclic amines) is 1. The second kappa shape index (κ2) is 8.64. The maximum absolute atomic E-state index is 10.5. The van der Waals surface area contributed by atoms with E-state index in [1.165, 1.54) is 0 Å². The number of hydrogen-bond acceptors (Lipinski definition) is 5. The van der Waals surface area contributed by atoms with E-state index in [0.29, 0.717) is 6.54 Å². The van der Waals surface area contributed by atoms with Crippen molar-refractivity contribution in [1.29, 1.82) is 5.26 Å². The third-order valence-corrected chi connectivity index (χ3v) is 5.53. The van der Waals surface area contributed by atoms with Crippen LogP contribution in [0.4, 0.5) is 0 Å². The number of aryl methyl sites for hydroxylation is 1. The molecule has 0 aliphatic carbocycles. The number of aromatic nitrogens is 2. The topological polar surface area (TPSA) is 74.3 Å². The number of β-amino-alcohol motifs (C(OH)–C–C–N with tert-alkyl or cyclic N) is 1. The molecule has 1 atom stereocenters. The Hall–Kier alpha value is -2.88. The number of aliphatic hydroxyl groups is 1. The summed E-state index contributed by atoms with van der Waals surface area (Å²) in [5, 5.41) is 26.3. The molecular weight excluding hydrogens is 364 g/mol. The molecule has 150 valence electrons. The zero-order valence-electron chi connectivity index (χ0n) is 16.7. The zero-order chi connectivity index (χ0) is 20.2. The van der Waals surface area contributed by atoms with Crippen LogP contribution in [0, 0.1) is 17.2 Å². The highest BCUT2D eigenvalue weighted by Gasteiger charge is 2.21. The molecule has 2 heterocycles. The summed E-state index contributed by atoms with van der Waals surface area (Å²) in [5.74, 6) is 0.878. The van der Waals surface area contributed by atoms with Crippen LogP contribution in [0.5, 0.6) is 5.75 Å². The van der Waals surface area contributed by atoms with Crippen LogP contribution in [-0.2, 0) is 7.05 Å². The lowest BCUT2D eigenvalue weighted by Crippen LogP contribution is -2.40. The summed E-state index contributed by atoms with van der Waals surface area (Å²) < 4.78 is 7.85. The molecule has 1 aliphatic heterocycles. The lowest BCUT2D eigenvalue weighted by molar-refractivity contribution is 0.0585. The molecule has 0 spiro atoms. The molecule has 1 fully saturated rings. The fraction of sp³-hybridized carbons (Fsp3) is 0.391. The molecule has 4 rings (SSSR count). The molecule has 0 saturated carbocycles. The van der Waals surface area contributed by atoms with Crippen LogP contribution in [0.1, 0.15) is 12.8 Å². The van der Waals surface area contributed by atoms with E-state index in [9.17, 15) is 5.11 Å². The fourth-order valence-corrected chi connectivity index (χ4v) is 3.97. The number of aliphatic hydroxyl groups excluding tert-OH is 1. The van der Waals surface area contributed by atoms with Gasteiger partial charge in [0.2, 0.25) is 0 Å². The summed E-state index contributed by atoms with van der Waals surface area (Å²) in [6.45, 7) is 2.48. The molecular formula is C23H26N4O2. The fourth-order valence-electron chi connectivity index (χ4n) is 3.97. The SMILES string of the molecule is Cn1ccc(-c2c(OCC(O)CN3CCC(C#N)CC3)ccc3ccccc23)n1. The normalized spacial score (nSPS) is 16.6. The predicted molar refractivity (Wildman–Crippen MR) is 112 cm³/mol. The smallest absolute Gasteiger partial charge is 0.129 e. The molecule has 1 aliphatic rings. The number of piperidine rings is 1. The maximum atomic E-state index is 10.5. The Bertz CT molecular complexity index is 1020. The van der Waals surface area contributed by atoms with E-state index in [0.717, 1.165) is 53.7 Å². The lowest BCUT2D eigenvalue weighted by atomic mass is 9.98. The Kier molecular flexibility index (Phi) is 5.79. The third kappa shape index (κ3) is 4.42. The minimum atomic E-state index is -0.586. The van der Waals surface area contributed by atoms with Gasteiger partial charge in [-0.15, -0.1) is 0 Å². The molecule has 1 unspecified atom stereocenters. The summed E-state index contributed by atoms with van der Waals surface area (Å²) in [6, 6.07) is 16.5. The van der Waals surface area contributed by atoms with E-state index >= 15 is 0 Å². The van der Waals surface area contributed by atoms with Gasteiger partial charge in [0, 0.05) is 25.7 Å². The van der Waals surface area contributed by atoms with Gasteiger partial charge in [0.05, 0.1) is 17.3 Å². The first kappa shape index (κ1) is 19.4. The number of hydrogen-bond donors (Lipinski definition) is 1. The van der Waals surface area contributed by atoms with Crippen molar-refractivity contribution in [3.63, 3.8) is 0 Å². The first-order valence-corrected chi connectivity index (χ1v) is 10.1. The van der Waals surface area contributed by atoms with Crippen LogP contribution >= 0.6 is 0 Å². The number of nitriles is 1. The second-order valence-electron chi connectivity index (χ2n) is 7.70. The molecule has 1 saturated heterocycles. The highest BCUT2D eigenvalue weighted by molar-refractivity contribution is 5.98. The Morgan fingerprint density at radius 2 is 2.00 bits per heavy atom. The van der Waals surface area contributed by atoms with Crippen molar-refractivity contribution in [2.75, 3.05) is 26.2 Å². The number of nitrogens with zero attached hydrogens (tertiary/aromatic N) is 4. The molecule has 0 amide bonds. The third-order valence-electron chi connectivity index (χ3n) is 5.53. The van der Waals surface area contributed by atoms with Crippen molar-refractivity contribution in [2.24, 2.45) is 13.0 Å². The van der Waals surface area contributed by atoms with Gasteiger partial charge in [-0.25, -0.2) is 0 Å². The zero-order valence-corrected chi connectivity index (χ0v) is 16.7. The minimum absolute atomic E-state index is 0.151. The Morgan fingerprint density at radius 3 is 2.72 bits per heavy atom. The highest BCUT2D eigenvalue weighted by Crippen LogP contribution is 2.36.